The maximum atomic E-state index is 12.9. The Morgan fingerprint density at radius 2 is 1.88 bits per heavy atom. The number of anilines is 2. The lowest BCUT2D eigenvalue weighted by atomic mass is 10.1. The van der Waals surface area contributed by atoms with Gasteiger partial charge in [-0.15, -0.1) is 0 Å². The zero-order valence-electron chi connectivity index (χ0n) is 19.5. The molecule has 0 atom stereocenters. The quantitative estimate of drug-likeness (QED) is 0.476. The van der Waals surface area contributed by atoms with Crippen LogP contribution >= 0.6 is 0 Å². The summed E-state index contributed by atoms with van der Waals surface area (Å²) in [5, 5.41) is 2.95. The van der Waals surface area contributed by atoms with Crippen molar-refractivity contribution in [1.82, 2.24) is 14.5 Å². The fourth-order valence-electron chi connectivity index (χ4n) is 4.00. The predicted octanol–water partition coefficient (Wildman–Crippen LogP) is 4.47. The van der Waals surface area contributed by atoms with Crippen molar-refractivity contribution in [1.29, 1.82) is 0 Å². The number of nitrogens with zero attached hydrogens (tertiary/aromatic N) is 4. The maximum absolute atomic E-state index is 12.9. The molecule has 0 aliphatic carbocycles. The first-order valence-corrected chi connectivity index (χ1v) is 11.3. The number of hydrogen-bond acceptors (Lipinski definition) is 6. The summed E-state index contributed by atoms with van der Waals surface area (Å²) in [5.74, 6) is 1.45. The molecule has 8 heteroatoms. The van der Waals surface area contributed by atoms with Crippen LogP contribution < -0.4 is 15.0 Å². The van der Waals surface area contributed by atoms with Gasteiger partial charge in [0.1, 0.15) is 11.3 Å². The summed E-state index contributed by atoms with van der Waals surface area (Å²) >= 11 is 0. The minimum Gasteiger partial charge on any atom is -0.437 e. The van der Waals surface area contributed by atoms with E-state index in [1.165, 1.54) is 0 Å². The Bertz CT molecular complexity index is 1360. The van der Waals surface area contributed by atoms with Gasteiger partial charge < -0.3 is 24.3 Å². The molecule has 0 bridgehead atoms. The van der Waals surface area contributed by atoms with Crippen molar-refractivity contribution < 1.29 is 14.3 Å². The van der Waals surface area contributed by atoms with Gasteiger partial charge in [0.05, 0.1) is 18.7 Å². The predicted molar refractivity (Wildman–Crippen MR) is 132 cm³/mol. The molecule has 174 valence electrons. The Kier molecular flexibility index (Phi) is 5.90. The highest BCUT2D eigenvalue weighted by molar-refractivity contribution is 6.04. The first-order valence-electron chi connectivity index (χ1n) is 11.3. The molecule has 2 aromatic heterocycles. The molecule has 5 rings (SSSR count). The maximum Gasteiger partial charge on any atom is 0.255 e. The molecule has 34 heavy (non-hydrogen) atoms. The number of morpholine rings is 1. The van der Waals surface area contributed by atoms with Gasteiger partial charge in [-0.2, -0.15) is 4.98 Å². The van der Waals surface area contributed by atoms with Crippen LogP contribution in [0.25, 0.3) is 11.0 Å². The lowest BCUT2D eigenvalue weighted by Crippen LogP contribution is -2.37. The number of fused-ring (bicyclic) bond motifs is 1. The monoisotopic (exact) mass is 457 g/mol. The number of hydrogen-bond donors (Lipinski definition) is 1. The number of ether oxygens (including phenoxy) is 2. The standard InChI is InChI=1S/C26H27N5O3/c1-17-5-4-6-20(15-17)27-24(32)19-8-7-18(2)22(16-19)34-25-23-21(9-10-30(23)3)28-26(29-25)31-11-13-33-14-12-31/h4-10,15-16H,11-14H2,1-3H3,(H,27,32). The molecule has 0 saturated carbocycles. The number of benzene rings is 2. The number of aromatic nitrogens is 3. The lowest BCUT2D eigenvalue weighted by Gasteiger charge is -2.27. The zero-order valence-corrected chi connectivity index (χ0v) is 19.5. The smallest absolute Gasteiger partial charge is 0.255 e. The Balaban J connectivity index is 1.47. The fraction of sp³-hybridized carbons (Fsp3) is 0.269. The number of carbonyl (C=O) groups is 1. The molecule has 4 aromatic rings. The average Bonchev–Trinajstić information content (AvgIpc) is 3.22. The van der Waals surface area contributed by atoms with Gasteiger partial charge in [-0.05, 0) is 55.3 Å². The van der Waals surface area contributed by atoms with Crippen molar-refractivity contribution in [3.8, 4) is 11.6 Å². The van der Waals surface area contributed by atoms with E-state index < -0.39 is 0 Å². The Morgan fingerprint density at radius 1 is 1.06 bits per heavy atom. The van der Waals surface area contributed by atoms with Gasteiger partial charge in [-0.25, -0.2) is 4.98 Å². The van der Waals surface area contributed by atoms with Crippen LogP contribution in [0, 0.1) is 13.8 Å². The van der Waals surface area contributed by atoms with Crippen LogP contribution in [0.3, 0.4) is 0 Å². The van der Waals surface area contributed by atoms with Crippen LogP contribution in [0.1, 0.15) is 21.5 Å². The summed E-state index contributed by atoms with van der Waals surface area (Å²) in [6, 6.07) is 15.1. The van der Waals surface area contributed by atoms with E-state index in [0.29, 0.717) is 36.4 Å². The summed E-state index contributed by atoms with van der Waals surface area (Å²) in [5.41, 5.74) is 4.85. The summed E-state index contributed by atoms with van der Waals surface area (Å²) in [7, 11) is 1.94. The second-order valence-corrected chi connectivity index (χ2v) is 8.49. The number of nitrogens with one attached hydrogen (secondary N) is 1. The normalized spacial score (nSPS) is 13.8. The van der Waals surface area contributed by atoms with E-state index >= 15 is 0 Å². The van der Waals surface area contributed by atoms with Crippen LogP contribution in [0.4, 0.5) is 11.6 Å². The van der Waals surface area contributed by atoms with Crippen molar-refractivity contribution in [2.24, 2.45) is 7.05 Å². The summed E-state index contributed by atoms with van der Waals surface area (Å²) in [4.78, 5) is 24.5. The van der Waals surface area contributed by atoms with Crippen LogP contribution in [-0.4, -0.2) is 46.7 Å². The lowest BCUT2D eigenvalue weighted by molar-refractivity contribution is 0.102. The van der Waals surface area contributed by atoms with Crippen molar-refractivity contribution in [3.05, 3.63) is 71.4 Å². The highest BCUT2D eigenvalue weighted by atomic mass is 16.5. The van der Waals surface area contributed by atoms with Crippen LogP contribution in [0.5, 0.6) is 11.6 Å². The Hall–Kier alpha value is -3.91. The summed E-state index contributed by atoms with van der Waals surface area (Å²) < 4.78 is 13.8. The summed E-state index contributed by atoms with van der Waals surface area (Å²) in [6.07, 6.45) is 1.94. The van der Waals surface area contributed by atoms with Crippen LogP contribution in [-0.2, 0) is 11.8 Å². The van der Waals surface area contributed by atoms with E-state index in [4.69, 9.17) is 19.4 Å². The molecule has 1 aliphatic heterocycles. The molecule has 3 heterocycles. The van der Waals surface area contributed by atoms with E-state index in [9.17, 15) is 4.79 Å². The van der Waals surface area contributed by atoms with E-state index in [1.807, 2.05) is 68.1 Å². The largest absolute Gasteiger partial charge is 0.437 e. The van der Waals surface area contributed by atoms with Gasteiger partial charge >= 0.3 is 0 Å². The molecule has 1 aliphatic rings. The third-order valence-corrected chi connectivity index (χ3v) is 5.90. The van der Waals surface area contributed by atoms with Crippen LogP contribution in [0.15, 0.2) is 54.7 Å². The van der Waals surface area contributed by atoms with Gasteiger partial charge in [-0.1, -0.05) is 18.2 Å². The molecule has 1 amide bonds. The third-order valence-electron chi connectivity index (χ3n) is 5.90. The number of amides is 1. The van der Waals surface area contributed by atoms with Gasteiger partial charge in [-0.3, -0.25) is 4.79 Å². The van der Waals surface area contributed by atoms with E-state index in [1.54, 1.807) is 12.1 Å². The molecule has 1 N–H and O–H groups in total. The Labute approximate surface area is 198 Å². The zero-order chi connectivity index (χ0) is 23.7. The van der Waals surface area contributed by atoms with Crippen molar-refractivity contribution in [3.63, 3.8) is 0 Å². The number of aryl methyl sites for hydroxylation is 3. The fourth-order valence-corrected chi connectivity index (χ4v) is 4.00. The van der Waals surface area contributed by atoms with Gasteiger partial charge in [0.2, 0.25) is 11.8 Å². The molecule has 1 saturated heterocycles. The van der Waals surface area contributed by atoms with Crippen LogP contribution in [0.2, 0.25) is 0 Å². The van der Waals surface area contributed by atoms with E-state index in [-0.39, 0.29) is 5.91 Å². The molecule has 1 fully saturated rings. The molecular weight excluding hydrogens is 430 g/mol. The second kappa shape index (κ2) is 9.15. The number of rotatable bonds is 5. The van der Waals surface area contributed by atoms with Crippen molar-refractivity contribution >= 4 is 28.6 Å². The summed E-state index contributed by atoms with van der Waals surface area (Å²) in [6.45, 7) is 6.68. The third kappa shape index (κ3) is 4.45. The SMILES string of the molecule is Cc1cccc(NC(=O)c2ccc(C)c(Oc3nc(N4CCOCC4)nc4ccn(C)c34)c2)c1. The first kappa shape index (κ1) is 21.9. The van der Waals surface area contributed by atoms with Gasteiger partial charge in [0.15, 0.2) is 0 Å². The van der Waals surface area contributed by atoms with E-state index in [2.05, 4.69) is 10.2 Å². The first-order chi connectivity index (χ1) is 16.5. The molecule has 0 unspecified atom stereocenters. The molecule has 0 spiro atoms. The van der Waals surface area contributed by atoms with Gasteiger partial charge in [0, 0.05) is 37.6 Å². The topological polar surface area (TPSA) is 81.5 Å². The number of carbonyl (C=O) groups excluding carboxylic acids is 1. The minimum absolute atomic E-state index is 0.198. The van der Waals surface area contributed by atoms with E-state index in [0.717, 1.165) is 40.9 Å². The molecular formula is C26H27N5O3. The molecule has 0 radical (unpaired) electrons. The van der Waals surface area contributed by atoms with Gasteiger partial charge in [0.25, 0.3) is 5.91 Å². The second-order valence-electron chi connectivity index (χ2n) is 8.49. The Morgan fingerprint density at radius 3 is 2.68 bits per heavy atom. The van der Waals surface area contributed by atoms with Crippen molar-refractivity contribution in [2.75, 3.05) is 36.5 Å². The molecule has 8 nitrogen and oxygen atoms in total. The highest BCUT2D eigenvalue weighted by Crippen LogP contribution is 2.32. The van der Waals surface area contributed by atoms with Crippen molar-refractivity contribution in [2.45, 2.75) is 13.8 Å². The average molecular weight is 458 g/mol. The molecule has 2 aromatic carbocycles. The minimum atomic E-state index is -0.198. The highest BCUT2D eigenvalue weighted by Gasteiger charge is 2.20.